The van der Waals surface area contributed by atoms with Crippen LogP contribution in [0, 0.1) is 0 Å². The summed E-state index contributed by atoms with van der Waals surface area (Å²) in [6.07, 6.45) is 0. The monoisotopic (exact) mass is 238 g/mol. The fourth-order valence-electron chi connectivity index (χ4n) is 2.21. The summed E-state index contributed by atoms with van der Waals surface area (Å²) in [6.45, 7) is 9.02. The summed E-state index contributed by atoms with van der Waals surface area (Å²) in [7, 11) is 0. The summed E-state index contributed by atoms with van der Waals surface area (Å²) < 4.78 is 0. The molecule has 0 aliphatic rings. The first kappa shape index (κ1) is 12.9. The molecule has 0 nitrogen and oxygen atoms in total. The molecule has 0 heterocycles. The van der Waals surface area contributed by atoms with Crippen LogP contribution in [0.5, 0.6) is 0 Å². The van der Waals surface area contributed by atoms with Crippen molar-refractivity contribution in [1.29, 1.82) is 0 Å². The summed E-state index contributed by atoms with van der Waals surface area (Å²) >= 11 is 0. The molecule has 0 aromatic heterocycles. The number of hydrogen-bond acceptors (Lipinski definition) is 0. The van der Waals surface area contributed by atoms with Crippen LogP contribution in [-0.4, -0.2) is 0 Å². The molecule has 0 fully saturated rings. The second-order valence-corrected chi connectivity index (χ2v) is 6.00. The van der Waals surface area contributed by atoms with Gasteiger partial charge in [0.1, 0.15) is 0 Å². The third-order valence-electron chi connectivity index (χ3n) is 3.58. The third kappa shape index (κ3) is 2.81. The Balaban J connectivity index is 2.25. The van der Waals surface area contributed by atoms with Crippen LogP contribution < -0.4 is 0 Å². The van der Waals surface area contributed by atoms with Crippen molar-refractivity contribution in [2.75, 3.05) is 0 Å². The van der Waals surface area contributed by atoms with Gasteiger partial charge < -0.3 is 0 Å². The maximum Gasteiger partial charge on any atom is 0.00610 e. The van der Waals surface area contributed by atoms with E-state index in [9.17, 15) is 0 Å². The first-order chi connectivity index (χ1) is 8.48. The molecule has 2 aromatic carbocycles. The summed E-state index contributed by atoms with van der Waals surface area (Å²) in [5.41, 5.74) is 4.39. The average Bonchev–Trinajstić information content (AvgIpc) is 2.38. The molecule has 2 aromatic rings. The van der Waals surface area contributed by atoms with E-state index in [-0.39, 0.29) is 5.41 Å². The number of hydrogen-bond donors (Lipinski definition) is 0. The Morgan fingerprint density at radius 3 is 1.72 bits per heavy atom. The van der Waals surface area contributed by atoms with Crippen molar-refractivity contribution < 1.29 is 0 Å². The maximum atomic E-state index is 2.27. The van der Waals surface area contributed by atoms with Crippen molar-refractivity contribution in [2.45, 2.75) is 39.0 Å². The van der Waals surface area contributed by atoms with Gasteiger partial charge in [-0.1, -0.05) is 82.3 Å². The van der Waals surface area contributed by atoms with Crippen LogP contribution in [0.25, 0.3) is 0 Å². The highest BCUT2D eigenvalue weighted by atomic mass is 14.2. The maximum absolute atomic E-state index is 2.27. The van der Waals surface area contributed by atoms with E-state index >= 15 is 0 Å². The second kappa shape index (κ2) is 4.97. The normalized spacial score (nSPS) is 13.3. The quantitative estimate of drug-likeness (QED) is 0.680. The van der Waals surface area contributed by atoms with Gasteiger partial charge in [-0.2, -0.15) is 0 Å². The fraction of sp³-hybridized carbons (Fsp3) is 0.333. The van der Waals surface area contributed by atoms with E-state index in [2.05, 4.69) is 82.3 Å². The zero-order valence-electron chi connectivity index (χ0n) is 11.8. The minimum absolute atomic E-state index is 0.231. The van der Waals surface area contributed by atoms with Crippen LogP contribution in [0.4, 0.5) is 0 Å². The van der Waals surface area contributed by atoms with Crippen LogP contribution >= 0.6 is 0 Å². The van der Waals surface area contributed by atoms with Crippen LogP contribution in [-0.2, 0) is 5.41 Å². The van der Waals surface area contributed by atoms with Gasteiger partial charge in [-0.25, -0.2) is 0 Å². The van der Waals surface area contributed by atoms with E-state index in [1.54, 1.807) is 0 Å². The highest BCUT2D eigenvalue weighted by Crippen LogP contribution is 2.27. The molecule has 18 heavy (non-hydrogen) atoms. The molecule has 2 rings (SSSR count). The molecule has 0 saturated heterocycles. The molecule has 0 amide bonds. The van der Waals surface area contributed by atoms with Crippen molar-refractivity contribution in [3.63, 3.8) is 0 Å². The fourth-order valence-corrected chi connectivity index (χ4v) is 2.21. The summed E-state index contributed by atoms with van der Waals surface area (Å²) in [5, 5.41) is 0. The van der Waals surface area contributed by atoms with Gasteiger partial charge in [-0.15, -0.1) is 0 Å². The number of benzene rings is 2. The van der Waals surface area contributed by atoms with Gasteiger partial charge in [0.05, 0.1) is 0 Å². The predicted molar refractivity (Wildman–Crippen MR) is 79.1 cm³/mol. The van der Waals surface area contributed by atoms with E-state index in [1.165, 1.54) is 16.7 Å². The van der Waals surface area contributed by atoms with E-state index in [4.69, 9.17) is 0 Å². The molecule has 0 spiro atoms. The van der Waals surface area contributed by atoms with Gasteiger partial charge in [-0.3, -0.25) is 0 Å². The van der Waals surface area contributed by atoms with Crippen LogP contribution in [0.3, 0.4) is 0 Å². The molecule has 0 radical (unpaired) electrons. The smallest absolute Gasteiger partial charge is 0.00610 e. The molecule has 0 unspecified atom stereocenters. The van der Waals surface area contributed by atoms with Crippen molar-refractivity contribution >= 4 is 0 Å². The van der Waals surface area contributed by atoms with E-state index in [0.717, 1.165) is 0 Å². The largest absolute Gasteiger partial charge is 0.0622 e. The lowest BCUT2D eigenvalue weighted by Gasteiger charge is -2.20. The van der Waals surface area contributed by atoms with Gasteiger partial charge in [0.25, 0.3) is 0 Å². The lowest BCUT2D eigenvalue weighted by Crippen LogP contribution is -2.11. The Bertz CT molecular complexity index is 486. The standard InChI is InChI=1S/C18H22/c1-14(15-8-6-5-7-9-15)16-10-12-17(13-11-16)18(2,3)4/h5-14H,1-4H3/t14-/m0/s1. The molecule has 0 aliphatic heterocycles. The molecule has 0 heteroatoms. The van der Waals surface area contributed by atoms with Gasteiger partial charge >= 0.3 is 0 Å². The molecular weight excluding hydrogens is 216 g/mol. The minimum Gasteiger partial charge on any atom is -0.0622 e. The Kier molecular flexibility index (Phi) is 3.56. The van der Waals surface area contributed by atoms with Gasteiger partial charge in [0.2, 0.25) is 0 Å². The van der Waals surface area contributed by atoms with E-state index < -0.39 is 0 Å². The molecule has 0 saturated carbocycles. The Hall–Kier alpha value is -1.56. The predicted octanol–water partition coefficient (Wildman–Crippen LogP) is 5.14. The lowest BCUT2D eigenvalue weighted by molar-refractivity contribution is 0.590. The SMILES string of the molecule is C[C@@H](c1ccccc1)c1ccc(C(C)(C)C)cc1. The highest BCUT2D eigenvalue weighted by molar-refractivity contribution is 5.35. The summed E-state index contributed by atoms with van der Waals surface area (Å²) in [4.78, 5) is 0. The van der Waals surface area contributed by atoms with Crippen LogP contribution in [0.15, 0.2) is 54.6 Å². The van der Waals surface area contributed by atoms with Crippen molar-refractivity contribution in [3.05, 3.63) is 71.3 Å². The minimum atomic E-state index is 0.231. The molecule has 0 N–H and O–H groups in total. The van der Waals surface area contributed by atoms with E-state index in [1.807, 2.05) is 0 Å². The second-order valence-electron chi connectivity index (χ2n) is 6.00. The molecular formula is C18H22. The first-order valence-electron chi connectivity index (χ1n) is 6.64. The lowest BCUT2D eigenvalue weighted by atomic mass is 9.85. The van der Waals surface area contributed by atoms with Crippen molar-refractivity contribution in [3.8, 4) is 0 Å². The number of rotatable bonds is 2. The van der Waals surface area contributed by atoms with Gasteiger partial charge in [0, 0.05) is 5.92 Å². The Morgan fingerprint density at radius 2 is 1.22 bits per heavy atom. The molecule has 94 valence electrons. The van der Waals surface area contributed by atoms with Crippen molar-refractivity contribution in [1.82, 2.24) is 0 Å². The average molecular weight is 238 g/mol. The molecule has 0 bridgehead atoms. The Labute approximate surface area is 111 Å². The highest BCUT2D eigenvalue weighted by Gasteiger charge is 2.14. The van der Waals surface area contributed by atoms with Gasteiger partial charge in [0.15, 0.2) is 0 Å². The molecule has 1 atom stereocenters. The van der Waals surface area contributed by atoms with Gasteiger partial charge in [-0.05, 0) is 22.1 Å². The van der Waals surface area contributed by atoms with Crippen LogP contribution in [0.2, 0.25) is 0 Å². The van der Waals surface area contributed by atoms with E-state index in [0.29, 0.717) is 5.92 Å². The summed E-state index contributed by atoms with van der Waals surface area (Å²) in [5.74, 6) is 0.459. The topological polar surface area (TPSA) is 0 Å². The van der Waals surface area contributed by atoms with Crippen molar-refractivity contribution in [2.24, 2.45) is 0 Å². The zero-order chi connectivity index (χ0) is 13.2. The third-order valence-corrected chi connectivity index (χ3v) is 3.58. The van der Waals surface area contributed by atoms with Crippen LogP contribution in [0.1, 0.15) is 50.3 Å². The Morgan fingerprint density at radius 1 is 0.722 bits per heavy atom. The summed E-state index contributed by atoms with van der Waals surface area (Å²) in [6, 6.07) is 19.7. The first-order valence-corrected chi connectivity index (χ1v) is 6.64. The molecule has 0 aliphatic carbocycles. The zero-order valence-corrected chi connectivity index (χ0v) is 11.8.